The highest BCUT2D eigenvalue weighted by Gasteiger charge is 2.41. The van der Waals surface area contributed by atoms with Crippen molar-refractivity contribution in [2.45, 2.75) is 32.4 Å². The van der Waals surface area contributed by atoms with Crippen LogP contribution in [0, 0.1) is 13.8 Å². The molecule has 2 aromatic heterocycles. The molecule has 0 bridgehead atoms. The predicted molar refractivity (Wildman–Crippen MR) is 121 cm³/mol. The van der Waals surface area contributed by atoms with Crippen LogP contribution in [-0.4, -0.2) is 42.9 Å². The lowest BCUT2D eigenvalue weighted by Crippen LogP contribution is -2.31. The minimum atomic E-state index is -0.101. The molecule has 0 aliphatic carbocycles. The lowest BCUT2D eigenvalue weighted by molar-refractivity contribution is 0.247. The summed E-state index contributed by atoms with van der Waals surface area (Å²) in [5, 5.41) is 23.9. The third kappa shape index (κ3) is 3.55. The Morgan fingerprint density at radius 2 is 1.90 bits per heavy atom. The third-order valence-electron chi connectivity index (χ3n) is 5.67. The highest BCUT2D eigenvalue weighted by molar-refractivity contribution is 7.80. The molecule has 0 radical (unpaired) electrons. The van der Waals surface area contributed by atoms with Crippen LogP contribution in [-0.2, 0) is 0 Å². The van der Waals surface area contributed by atoms with Crippen molar-refractivity contribution in [3.05, 3.63) is 77.4 Å². The number of rotatable bonds is 6. The number of phenolic OH excluding ortho intramolecular Hbond substituents is 1. The lowest BCUT2D eigenvalue weighted by atomic mass is 9.96. The topological polar surface area (TPSA) is 73.5 Å². The number of aromatic nitrogens is 2. The standard InChI is InChI=1S/C23H26N4O2S/c1-15-14-17(16(2)27(15)19-9-3-4-10-20(19)29)22-21(18-8-5-6-11-24-18)25-23(30)26(22)12-7-13-28/h3-6,8-11,14,21-22,28-29H,7,12-13H2,1-2H3,(H,25,30)/t21-,22+/m0/s1. The van der Waals surface area contributed by atoms with Crippen molar-refractivity contribution < 1.29 is 10.2 Å². The summed E-state index contributed by atoms with van der Waals surface area (Å²) in [5.74, 6) is 0.240. The van der Waals surface area contributed by atoms with E-state index in [0.29, 0.717) is 18.1 Å². The first kappa shape index (κ1) is 20.4. The molecule has 1 saturated heterocycles. The summed E-state index contributed by atoms with van der Waals surface area (Å²) in [6, 6.07) is 15.2. The third-order valence-corrected chi connectivity index (χ3v) is 6.02. The Morgan fingerprint density at radius 1 is 1.13 bits per heavy atom. The van der Waals surface area contributed by atoms with Gasteiger partial charge in [-0.15, -0.1) is 0 Å². The largest absolute Gasteiger partial charge is 0.506 e. The number of phenols is 1. The van der Waals surface area contributed by atoms with Crippen LogP contribution in [0.4, 0.5) is 0 Å². The second-order valence-electron chi connectivity index (χ2n) is 7.55. The van der Waals surface area contributed by atoms with Gasteiger partial charge in [-0.2, -0.15) is 0 Å². The maximum absolute atomic E-state index is 10.4. The zero-order valence-corrected chi connectivity index (χ0v) is 17.9. The van der Waals surface area contributed by atoms with E-state index in [2.05, 4.69) is 32.8 Å². The smallest absolute Gasteiger partial charge is 0.170 e. The van der Waals surface area contributed by atoms with Gasteiger partial charge in [0.15, 0.2) is 5.11 Å². The van der Waals surface area contributed by atoms with E-state index in [1.807, 2.05) is 43.3 Å². The molecule has 0 amide bonds. The normalized spacial score (nSPS) is 18.6. The van der Waals surface area contributed by atoms with Crippen LogP contribution in [0.15, 0.2) is 54.7 Å². The number of hydrogen-bond acceptors (Lipinski definition) is 4. The molecule has 7 heteroatoms. The first-order valence-electron chi connectivity index (χ1n) is 10.1. The van der Waals surface area contributed by atoms with Gasteiger partial charge in [-0.25, -0.2) is 0 Å². The second kappa shape index (κ2) is 8.45. The summed E-state index contributed by atoms with van der Waals surface area (Å²) in [7, 11) is 0. The van der Waals surface area contributed by atoms with E-state index in [1.54, 1.807) is 12.3 Å². The Balaban J connectivity index is 1.83. The maximum atomic E-state index is 10.4. The van der Waals surface area contributed by atoms with Crippen LogP contribution in [0.5, 0.6) is 5.75 Å². The number of aryl methyl sites for hydroxylation is 1. The maximum Gasteiger partial charge on any atom is 0.170 e. The van der Waals surface area contributed by atoms with Gasteiger partial charge in [-0.05, 0) is 68.4 Å². The SMILES string of the molecule is Cc1cc([C@@H]2[C@H](c3ccccn3)NC(=S)N2CCCO)c(C)n1-c1ccccc1O. The van der Waals surface area contributed by atoms with Crippen molar-refractivity contribution in [2.75, 3.05) is 13.2 Å². The number of nitrogens with one attached hydrogen (secondary N) is 1. The van der Waals surface area contributed by atoms with Gasteiger partial charge in [0, 0.05) is 30.7 Å². The van der Waals surface area contributed by atoms with Gasteiger partial charge in [0.1, 0.15) is 5.75 Å². The molecule has 0 unspecified atom stereocenters. The quantitative estimate of drug-likeness (QED) is 0.528. The average molecular weight is 423 g/mol. The fourth-order valence-corrected chi connectivity index (χ4v) is 4.67. The summed E-state index contributed by atoms with van der Waals surface area (Å²) in [6.45, 7) is 4.86. The van der Waals surface area contributed by atoms with Crippen molar-refractivity contribution in [3.63, 3.8) is 0 Å². The number of thiocarbonyl (C=S) groups is 1. The molecule has 2 atom stereocenters. The number of nitrogens with zero attached hydrogens (tertiary/aromatic N) is 3. The van der Waals surface area contributed by atoms with Crippen LogP contribution in [0.25, 0.3) is 5.69 Å². The van der Waals surface area contributed by atoms with Crippen LogP contribution in [0.2, 0.25) is 0 Å². The first-order valence-corrected chi connectivity index (χ1v) is 10.5. The number of aliphatic hydroxyl groups excluding tert-OH is 1. The van der Waals surface area contributed by atoms with Gasteiger partial charge in [0.05, 0.1) is 23.5 Å². The first-order chi connectivity index (χ1) is 14.5. The Bertz CT molecular complexity index is 1050. The summed E-state index contributed by atoms with van der Waals surface area (Å²) in [4.78, 5) is 6.71. The molecular weight excluding hydrogens is 396 g/mol. The molecule has 0 spiro atoms. The highest BCUT2D eigenvalue weighted by Crippen LogP contribution is 2.41. The zero-order chi connectivity index (χ0) is 21.3. The van der Waals surface area contributed by atoms with Gasteiger partial charge in [-0.1, -0.05) is 18.2 Å². The fourth-order valence-electron chi connectivity index (χ4n) is 4.34. The minimum Gasteiger partial charge on any atom is -0.506 e. The average Bonchev–Trinajstić information content (AvgIpc) is 3.23. The molecule has 3 heterocycles. The van der Waals surface area contributed by atoms with Crippen LogP contribution in [0.3, 0.4) is 0 Å². The second-order valence-corrected chi connectivity index (χ2v) is 7.93. The summed E-state index contributed by atoms with van der Waals surface area (Å²) >= 11 is 5.66. The molecule has 1 fully saturated rings. The summed E-state index contributed by atoms with van der Waals surface area (Å²) < 4.78 is 2.08. The van der Waals surface area contributed by atoms with Crippen LogP contribution < -0.4 is 5.32 Å². The molecule has 0 saturated carbocycles. The number of aliphatic hydroxyl groups is 1. The molecule has 1 aliphatic heterocycles. The molecule has 3 aromatic rings. The predicted octanol–water partition coefficient (Wildman–Crippen LogP) is 3.55. The molecule has 1 aliphatic rings. The highest BCUT2D eigenvalue weighted by atomic mass is 32.1. The number of pyridine rings is 1. The monoisotopic (exact) mass is 422 g/mol. The minimum absolute atomic E-state index is 0.0650. The fraction of sp³-hybridized carbons (Fsp3) is 0.304. The van der Waals surface area contributed by atoms with E-state index in [9.17, 15) is 10.2 Å². The Morgan fingerprint density at radius 3 is 2.60 bits per heavy atom. The molecule has 30 heavy (non-hydrogen) atoms. The van der Waals surface area contributed by atoms with Crippen molar-refractivity contribution in [3.8, 4) is 11.4 Å². The Hall–Kier alpha value is -2.90. The van der Waals surface area contributed by atoms with E-state index in [4.69, 9.17) is 12.2 Å². The number of hydrogen-bond donors (Lipinski definition) is 3. The molecule has 4 rings (SSSR count). The molecule has 1 aromatic carbocycles. The number of para-hydroxylation sites is 2. The molecule has 156 valence electrons. The van der Waals surface area contributed by atoms with Gasteiger partial charge in [-0.3, -0.25) is 4.98 Å². The van der Waals surface area contributed by atoms with Crippen molar-refractivity contribution in [1.82, 2.24) is 19.8 Å². The van der Waals surface area contributed by atoms with Crippen molar-refractivity contribution >= 4 is 17.3 Å². The van der Waals surface area contributed by atoms with E-state index in [0.717, 1.165) is 28.3 Å². The Labute approximate surface area is 181 Å². The van der Waals surface area contributed by atoms with Crippen molar-refractivity contribution in [2.24, 2.45) is 0 Å². The summed E-state index contributed by atoms with van der Waals surface area (Å²) in [5.41, 5.74) is 4.87. The molecule has 3 N–H and O–H groups in total. The lowest BCUT2D eigenvalue weighted by Gasteiger charge is -2.28. The number of benzene rings is 1. The van der Waals surface area contributed by atoms with E-state index in [-0.39, 0.29) is 24.4 Å². The van der Waals surface area contributed by atoms with E-state index >= 15 is 0 Å². The van der Waals surface area contributed by atoms with Crippen molar-refractivity contribution in [1.29, 1.82) is 0 Å². The molecular formula is C23H26N4O2S. The van der Waals surface area contributed by atoms with Crippen LogP contribution in [0.1, 0.15) is 41.1 Å². The van der Waals surface area contributed by atoms with Crippen LogP contribution >= 0.6 is 12.2 Å². The van der Waals surface area contributed by atoms with E-state index < -0.39 is 0 Å². The molecule has 6 nitrogen and oxygen atoms in total. The zero-order valence-electron chi connectivity index (χ0n) is 17.1. The van der Waals surface area contributed by atoms with E-state index in [1.165, 1.54) is 0 Å². The number of aromatic hydroxyl groups is 1. The van der Waals surface area contributed by atoms with Gasteiger partial charge in [0.25, 0.3) is 0 Å². The van der Waals surface area contributed by atoms with Gasteiger partial charge < -0.3 is 25.0 Å². The van der Waals surface area contributed by atoms with Gasteiger partial charge in [0.2, 0.25) is 0 Å². The van der Waals surface area contributed by atoms with Gasteiger partial charge >= 0.3 is 0 Å². The Kier molecular flexibility index (Phi) is 5.74. The summed E-state index contributed by atoms with van der Waals surface area (Å²) in [6.07, 6.45) is 2.42.